The van der Waals surface area contributed by atoms with Crippen LogP contribution in [0.25, 0.3) is 0 Å². The number of amides is 1. The number of carbonyl (C=O) groups is 1. The van der Waals surface area contributed by atoms with Gasteiger partial charge in [-0.2, -0.15) is 4.80 Å². The highest BCUT2D eigenvalue weighted by Crippen LogP contribution is 2.19. The molecule has 33 heavy (non-hydrogen) atoms. The molecule has 3 aromatic rings. The topological polar surface area (TPSA) is 72.7 Å². The van der Waals surface area contributed by atoms with Crippen molar-refractivity contribution in [2.75, 3.05) is 0 Å². The van der Waals surface area contributed by atoms with Gasteiger partial charge in [0, 0.05) is 5.56 Å². The van der Waals surface area contributed by atoms with Crippen LogP contribution in [0, 0.1) is 0 Å². The van der Waals surface area contributed by atoms with E-state index in [-0.39, 0.29) is 5.91 Å². The van der Waals surface area contributed by atoms with Crippen molar-refractivity contribution >= 4 is 5.91 Å². The number of rotatable bonds is 15. The van der Waals surface area contributed by atoms with Crippen LogP contribution in [-0.4, -0.2) is 26.1 Å². The lowest BCUT2D eigenvalue weighted by Crippen LogP contribution is -2.30. The van der Waals surface area contributed by atoms with E-state index in [1.54, 1.807) is 16.9 Å². The Morgan fingerprint density at radius 1 is 0.818 bits per heavy atom. The minimum atomic E-state index is -0.444. The van der Waals surface area contributed by atoms with Crippen LogP contribution in [0.4, 0.5) is 0 Å². The van der Waals surface area contributed by atoms with Gasteiger partial charge < -0.3 is 5.32 Å². The van der Waals surface area contributed by atoms with Crippen molar-refractivity contribution in [3.05, 3.63) is 77.6 Å². The largest absolute Gasteiger partial charge is 0.338 e. The third kappa shape index (κ3) is 8.44. The standard InChI is InChI=1S/C27H37N5O/c1-2-3-4-5-6-7-8-9-10-17-22-32-30-26(29-31-32)25(23-18-13-11-14-19-23)28-27(33)24-20-15-12-16-21-24/h11-16,18-21,25H,2-10,17,22H2,1H3,(H,28,33). The second kappa shape index (κ2) is 14.2. The summed E-state index contributed by atoms with van der Waals surface area (Å²) in [4.78, 5) is 14.4. The molecule has 0 spiro atoms. The molecule has 1 N–H and O–H groups in total. The molecule has 0 saturated heterocycles. The van der Waals surface area contributed by atoms with Gasteiger partial charge in [0.05, 0.1) is 6.54 Å². The normalized spacial score (nSPS) is 11.9. The van der Waals surface area contributed by atoms with Gasteiger partial charge in [0.2, 0.25) is 5.82 Å². The Bertz CT molecular complexity index is 926. The van der Waals surface area contributed by atoms with Crippen LogP contribution in [0.1, 0.15) is 98.9 Å². The van der Waals surface area contributed by atoms with Crippen molar-refractivity contribution in [2.24, 2.45) is 0 Å². The van der Waals surface area contributed by atoms with Crippen molar-refractivity contribution in [3.8, 4) is 0 Å². The maximum Gasteiger partial charge on any atom is 0.252 e. The number of carbonyl (C=O) groups excluding carboxylic acids is 1. The summed E-state index contributed by atoms with van der Waals surface area (Å²) in [6.45, 7) is 3.01. The van der Waals surface area contributed by atoms with Gasteiger partial charge in [-0.05, 0) is 29.3 Å². The van der Waals surface area contributed by atoms with E-state index in [0.29, 0.717) is 11.4 Å². The molecule has 1 amide bonds. The first kappa shape index (κ1) is 24.6. The average Bonchev–Trinajstić information content (AvgIpc) is 3.33. The highest BCUT2D eigenvalue weighted by molar-refractivity contribution is 5.94. The number of tetrazole rings is 1. The quantitative estimate of drug-likeness (QED) is 0.285. The SMILES string of the molecule is CCCCCCCCCCCCn1nnc(C(NC(=O)c2ccccc2)c2ccccc2)n1. The minimum absolute atomic E-state index is 0.157. The molecule has 1 unspecified atom stereocenters. The van der Waals surface area contributed by atoms with Crippen LogP contribution in [0.5, 0.6) is 0 Å². The number of unbranched alkanes of at least 4 members (excludes halogenated alkanes) is 9. The Morgan fingerprint density at radius 2 is 1.39 bits per heavy atom. The summed E-state index contributed by atoms with van der Waals surface area (Å²) in [5.41, 5.74) is 1.54. The Balaban J connectivity index is 1.49. The summed E-state index contributed by atoms with van der Waals surface area (Å²) < 4.78 is 0. The summed E-state index contributed by atoms with van der Waals surface area (Å²) in [5, 5.41) is 16.2. The molecule has 1 aromatic heterocycles. The second-order valence-corrected chi connectivity index (χ2v) is 8.61. The number of nitrogens with one attached hydrogen (secondary N) is 1. The van der Waals surface area contributed by atoms with E-state index in [0.717, 1.165) is 18.5 Å². The van der Waals surface area contributed by atoms with Crippen LogP contribution in [-0.2, 0) is 6.54 Å². The molecule has 0 saturated carbocycles. The molecule has 0 radical (unpaired) electrons. The van der Waals surface area contributed by atoms with Gasteiger partial charge >= 0.3 is 0 Å². The molecule has 6 nitrogen and oxygen atoms in total. The third-order valence-electron chi connectivity index (χ3n) is 5.88. The van der Waals surface area contributed by atoms with Crippen LogP contribution < -0.4 is 5.32 Å². The summed E-state index contributed by atoms with van der Waals surface area (Å²) >= 11 is 0. The minimum Gasteiger partial charge on any atom is -0.338 e. The Hall–Kier alpha value is -3.02. The molecule has 2 aromatic carbocycles. The van der Waals surface area contributed by atoms with Gasteiger partial charge in [-0.25, -0.2) is 0 Å². The molecule has 1 heterocycles. The van der Waals surface area contributed by atoms with Crippen molar-refractivity contribution in [2.45, 2.75) is 83.7 Å². The summed E-state index contributed by atoms with van der Waals surface area (Å²) in [7, 11) is 0. The zero-order valence-electron chi connectivity index (χ0n) is 19.8. The van der Waals surface area contributed by atoms with E-state index in [9.17, 15) is 4.79 Å². The van der Waals surface area contributed by atoms with E-state index in [1.807, 2.05) is 48.5 Å². The fourth-order valence-corrected chi connectivity index (χ4v) is 3.95. The zero-order valence-corrected chi connectivity index (χ0v) is 19.8. The van der Waals surface area contributed by atoms with Gasteiger partial charge in [-0.3, -0.25) is 4.79 Å². The number of hydrogen-bond acceptors (Lipinski definition) is 4. The summed E-state index contributed by atoms with van der Waals surface area (Å²) in [6, 6.07) is 18.6. The maximum absolute atomic E-state index is 12.8. The third-order valence-corrected chi connectivity index (χ3v) is 5.88. The van der Waals surface area contributed by atoms with Crippen LogP contribution >= 0.6 is 0 Å². The molecule has 176 valence electrons. The fourth-order valence-electron chi connectivity index (χ4n) is 3.95. The van der Waals surface area contributed by atoms with Crippen molar-refractivity contribution in [3.63, 3.8) is 0 Å². The molecule has 0 aliphatic rings. The number of aromatic nitrogens is 4. The lowest BCUT2D eigenvalue weighted by atomic mass is 10.1. The predicted molar refractivity (Wildman–Crippen MR) is 132 cm³/mol. The molecule has 3 rings (SSSR count). The van der Waals surface area contributed by atoms with E-state index in [4.69, 9.17) is 0 Å². The first-order valence-corrected chi connectivity index (χ1v) is 12.5. The molecular formula is C27H37N5O. The lowest BCUT2D eigenvalue weighted by Gasteiger charge is -2.16. The zero-order chi connectivity index (χ0) is 23.1. The van der Waals surface area contributed by atoms with E-state index in [2.05, 4.69) is 27.7 Å². The lowest BCUT2D eigenvalue weighted by molar-refractivity contribution is 0.0941. The molecular weight excluding hydrogens is 410 g/mol. The predicted octanol–water partition coefficient (Wildman–Crippen LogP) is 6.11. The second-order valence-electron chi connectivity index (χ2n) is 8.61. The highest BCUT2D eigenvalue weighted by Gasteiger charge is 2.22. The number of aryl methyl sites for hydroxylation is 1. The van der Waals surface area contributed by atoms with Crippen LogP contribution in [0.3, 0.4) is 0 Å². The van der Waals surface area contributed by atoms with Crippen LogP contribution in [0.15, 0.2) is 60.7 Å². The fraction of sp³-hybridized carbons (Fsp3) is 0.481. The summed E-state index contributed by atoms with van der Waals surface area (Å²) in [5.74, 6) is 0.355. The molecule has 6 heteroatoms. The monoisotopic (exact) mass is 447 g/mol. The number of nitrogens with zero attached hydrogens (tertiary/aromatic N) is 4. The summed E-state index contributed by atoms with van der Waals surface area (Å²) in [6.07, 6.45) is 12.9. The molecule has 0 aliphatic carbocycles. The average molecular weight is 448 g/mol. The van der Waals surface area contributed by atoms with Crippen molar-refractivity contribution in [1.29, 1.82) is 0 Å². The Morgan fingerprint density at radius 3 is 2.03 bits per heavy atom. The molecule has 1 atom stereocenters. The number of benzene rings is 2. The highest BCUT2D eigenvalue weighted by atomic mass is 16.1. The van der Waals surface area contributed by atoms with E-state index >= 15 is 0 Å². The first-order chi connectivity index (χ1) is 16.3. The van der Waals surface area contributed by atoms with Crippen molar-refractivity contribution in [1.82, 2.24) is 25.5 Å². The smallest absolute Gasteiger partial charge is 0.252 e. The Labute approximate surface area is 197 Å². The molecule has 0 fully saturated rings. The van der Waals surface area contributed by atoms with E-state index in [1.165, 1.54) is 57.8 Å². The van der Waals surface area contributed by atoms with Crippen molar-refractivity contribution < 1.29 is 4.79 Å². The maximum atomic E-state index is 12.8. The van der Waals surface area contributed by atoms with Gasteiger partial charge in [0.15, 0.2) is 0 Å². The van der Waals surface area contributed by atoms with Gasteiger partial charge in [-0.1, -0.05) is 113 Å². The first-order valence-electron chi connectivity index (χ1n) is 12.5. The van der Waals surface area contributed by atoms with Gasteiger partial charge in [-0.15, -0.1) is 10.2 Å². The molecule has 0 aliphatic heterocycles. The van der Waals surface area contributed by atoms with Gasteiger partial charge in [0.25, 0.3) is 5.91 Å². The molecule has 0 bridgehead atoms. The van der Waals surface area contributed by atoms with E-state index < -0.39 is 6.04 Å². The Kier molecular flexibility index (Phi) is 10.6. The van der Waals surface area contributed by atoms with Crippen LogP contribution in [0.2, 0.25) is 0 Å². The number of hydrogen-bond donors (Lipinski definition) is 1. The van der Waals surface area contributed by atoms with Gasteiger partial charge in [0.1, 0.15) is 6.04 Å².